The lowest BCUT2D eigenvalue weighted by Gasteiger charge is -2.12. The van der Waals surface area contributed by atoms with Crippen molar-refractivity contribution in [1.29, 1.82) is 0 Å². The van der Waals surface area contributed by atoms with Crippen LogP contribution < -0.4 is 11.1 Å². The molecule has 0 aliphatic heterocycles. The number of hydrogen-bond donors (Lipinski definition) is 6. The van der Waals surface area contributed by atoms with Crippen LogP contribution in [0.15, 0.2) is 91.6 Å². The van der Waals surface area contributed by atoms with Crippen molar-refractivity contribution < 1.29 is 48.8 Å². The molecule has 0 aromatic heterocycles. The van der Waals surface area contributed by atoms with Gasteiger partial charge in [-0.15, -0.1) is 10.2 Å². The number of nitrogen functional groups attached to an aromatic ring is 1. The smallest absolute Gasteiger partial charge is 0.295 e. The Morgan fingerprint density at radius 2 is 1.41 bits per heavy atom. The Morgan fingerprint density at radius 1 is 0.756 bits per heavy atom. The van der Waals surface area contributed by atoms with Gasteiger partial charge in [-0.25, -0.2) is 0 Å². The second-order valence-corrected chi connectivity index (χ2v) is 12.5. The van der Waals surface area contributed by atoms with E-state index >= 15 is 0 Å². The van der Waals surface area contributed by atoms with Gasteiger partial charge >= 0.3 is 0 Å². The third kappa shape index (κ3) is 6.32. The van der Waals surface area contributed by atoms with Crippen LogP contribution in [-0.2, 0) is 30.4 Å². The summed E-state index contributed by atoms with van der Waals surface area (Å²) in [6, 6.07) is 11.8. The van der Waals surface area contributed by atoms with Gasteiger partial charge in [-0.2, -0.15) is 25.3 Å². The number of phenolic OH excluding ortho intramolecular Hbond substituents is 1. The number of carbonyl (C=O) groups is 1. The molecule has 0 aliphatic rings. The molecule has 0 saturated carbocycles. The van der Waals surface area contributed by atoms with Gasteiger partial charge < -0.3 is 16.2 Å². The molecule has 0 saturated heterocycles. The average molecular weight is 623 g/mol. The number of anilines is 2. The van der Waals surface area contributed by atoms with E-state index in [2.05, 4.69) is 15.5 Å². The maximum atomic E-state index is 13.0. The maximum Gasteiger partial charge on any atom is 0.295 e. The summed E-state index contributed by atoms with van der Waals surface area (Å²) in [5.74, 6) is -1.74. The van der Waals surface area contributed by atoms with Crippen LogP contribution >= 0.6 is 0 Å². The van der Waals surface area contributed by atoms with Gasteiger partial charge in [-0.3, -0.25) is 18.5 Å². The van der Waals surface area contributed by atoms with Crippen LogP contribution in [0.2, 0.25) is 0 Å². The molecule has 4 aromatic rings. The summed E-state index contributed by atoms with van der Waals surface area (Å²) < 4.78 is 98.2. The quantitative estimate of drug-likeness (QED) is 0.0982. The Balaban J connectivity index is 1.85. The molecule has 0 fully saturated rings. The van der Waals surface area contributed by atoms with Gasteiger partial charge in [0.1, 0.15) is 22.0 Å². The molecule has 0 heterocycles. The highest BCUT2D eigenvalue weighted by Crippen LogP contribution is 2.41. The third-order valence-electron chi connectivity index (χ3n) is 5.55. The number of nitrogens with two attached hydrogens (primary N) is 1. The van der Waals surface area contributed by atoms with Gasteiger partial charge in [0.2, 0.25) is 0 Å². The number of phenols is 1. The van der Waals surface area contributed by atoms with Crippen LogP contribution in [0.3, 0.4) is 0 Å². The monoisotopic (exact) mass is 622 g/mol. The van der Waals surface area contributed by atoms with Crippen molar-refractivity contribution in [1.82, 2.24) is 0 Å². The highest BCUT2D eigenvalue weighted by molar-refractivity contribution is 7.86. The van der Waals surface area contributed by atoms with Crippen molar-refractivity contribution in [2.75, 3.05) is 11.1 Å². The lowest BCUT2D eigenvalue weighted by atomic mass is 10.1. The zero-order valence-corrected chi connectivity index (χ0v) is 22.6. The normalized spacial score (nSPS) is 12.6. The number of hydrogen-bond acceptors (Lipinski definition) is 11. The van der Waals surface area contributed by atoms with Crippen molar-refractivity contribution in [3.05, 3.63) is 72.3 Å². The predicted octanol–water partition coefficient (Wildman–Crippen LogP) is 3.54. The average Bonchev–Trinajstić information content (AvgIpc) is 2.87. The maximum absolute atomic E-state index is 13.0. The summed E-state index contributed by atoms with van der Waals surface area (Å²) in [7, 11) is -14.3. The van der Waals surface area contributed by atoms with Gasteiger partial charge in [-0.05, 0) is 47.9 Å². The molecule has 4 rings (SSSR count). The molecule has 0 bridgehead atoms. The number of azo groups is 1. The van der Waals surface area contributed by atoms with Crippen molar-refractivity contribution >= 4 is 69.8 Å². The fourth-order valence-corrected chi connectivity index (χ4v) is 5.44. The van der Waals surface area contributed by atoms with Gasteiger partial charge in [0.05, 0.1) is 32.1 Å². The molecule has 214 valence electrons. The highest BCUT2D eigenvalue weighted by Gasteiger charge is 2.22. The summed E-state index contributed by atoms with van der Waals surface area (Å²) in [4.78, 5) is 10.9. The van der Waals surface area contributed by atoms with Crippen molar-refractivity contribution in [2.24, 2.45) is 10.2 Å². The predicted molar refractivity (Wildman–Crippen MR) is 144 cm³/mol. The molecule has 41 heavy (non-hydrogen) atoms. The summed E-state index contributed by atoms with van der Waals surface area (Å²) in [5, 5.41) is 20.7. The number of aromatic hydroxyl groups is 1. The first-order chi connectivity index (χ1) is 19.0. The molecule has 1 amide bonds. The fraction of sp³-hybridized carbons (Fsp3) is 0. The van der Waals surface area contributed by atoms with E-state index < -0.39 is 62.3 Å². The number of amides is 1. The molecule has 15 nitrogen and oxygen atoms in total. The molecule has 0 radical (unpaired) electrons. The number of nitrogens with zero attached hydrogens (tertiary/aromatic N) is 2. The standard InChI is InChI=1S/C23H18N4O11S3/c24-16-7-5-12-9-14(40(33,34)35)11-19(28)21(12)22(16)27-26-17-8-6-13(39(30,31)32)10-18(17)25-23(29)15-3-1-2-4-20(15)41(36,37)38/h1-11,28H,24H2,(H,25,29)(H,30,31,32)(H,33,34,35)(H,36,37,38). The van der Waals surface area contributed by atoms with Crippen LogP contribution in [0, 0.1) is 0 Å². The molecule has 0 atom stereocenters. The Morgan fingerprint density at radius 3 is 2.05 bits per heavy atom. The molecule has 0 unspecified atom stereocenters. The van der Waals surface area contributed by atoms with Gasteiger partial charge in [0.25, 0.3) is 36.3 Å². The molecule has 18 heteroatoms. The largest absolute Gasteiger partial charge is 0.507 e. The Labute approximate surface area is 232 Å². The van der Waals surface area contributed by atoms with E-state index in [0.717, 1.165) is 42.5 Å². The second-order valence-electron chi connectivity index (χ2n) is 8.30. The van der Waals surface area contributed by atoms with E-state index in [1.54, 1.807) is 0 Å². The van der Waals surface area contributed by atoms with Gasteiger partial charge in [0.15, 0.2) is 0 Å². The summed E-state index contributed by atoms with van der Waals surface area (Å²) >= 11 is 0. The minimum atomic E-state index is -4.83. The Hall–Kier alpha value is -4.46. The molecule has 4 aromatic carbocycles. The minimum absolute atomic E-state index is 0.0432. The zero-order chi connectivity index (χ0) is 30.3. The Kier molecular flexibility index (Phi) is 7.56. The molecule has 0 spiro atoms. The van der Waals surface area contributed by atoms with Gasteiger partial charge in [-0.1, -0.05) is 18.2 Å². The summed E-state index contributed by atoms with van der Waals surface area (Å²) in [5.41, 5.74) is 4.65. The van der Waals surface area contributed by atoms with E-state index in [9.17, 15) is 48.8 Å². The fourth-order valence-electron chi connectivity index (χ4n) is 3.71. The number of carbonyl (C=O) groups excluding carboxylic acids is 1. The topological polar surface area (TPSA) is 263 Å². The van der Waals surface area contributed by atoms with E-state index in [1.807, 2.05) is 0 Å². The SMILES string of the molecule is Nc1ccc2cc(S(=O)(=O)O)cc(O)c2c1N=Nc1ccc(S(=O)(=O)O)cc1NC(=O)c1ccccc1S(=O)(=O)O. The van der Waals surface area contributed by atoms with E-state index in [-0.39, 0.29) is 33.5 Å². The zero-order valence-electron chi connectivity index (χ0n) is 20.2. The molecular weight excluding hydrogens is 604 g/mol. The number of nitrogens with one attached hydrogen (secondary N) is 1. The molecule has 0 aliphatic carbocycles. The first-order valence-electron chi connectivity index (χ1n) is 10.9. The lowest BCUT2D eigenvalue weighted by molar-refractivity contribution is 0.102. The van der Waals surface area contributed by atoms with Crippen LogP contribution in [0.1, 0.15) is 10.4 Å². The Bertz CT molecular complexity index is 2090. The van der Waals surface area contributed by atoms with Crippen LogP contribution in [0.25, 0.3) is 10.8 Å². The summed E-state index contributed by atoms with van der Waals surface area (Å²) in [6.45, 7) is 0. The van der Waals surface area contributed by atoms with E-state index in [1.165, 1.54) is 24.3 Å². The van der Waals surface area contributed by atoms with Crippen LogP contribution in [0.4, 0.5) is 22.7 Å². The van der Waals surface area contributed by atoms with Gasteiger partial charge in [0, 0.05) is 6.07 Å². The minimum Gasteiger partial charge on any atom is -0.507 e. The molecule has 7 N–H and O–H groups in total. The van der Waals surface area contributed by atoms with E-state index in [0.29, 0.717) is 0 Å². The number of fused-ring (bicyclic) bond motifs is 1. The second kappa shape index (κ2) is 10.5. The van der Waals surface area contributed by atoms with Crippen molar-refractivity contribution in [3.63, 3.8) is 0 Å². The lowest BCUT2D eigenvalue weighted by Crippen LogP contribution is -2.16. The molecular formula is C23H18N4O11S3. The first-order valence-corrected chi connectivity index (χ1v) is 15.2. The number of benzene rings is 4. The highest BCUT2D eigenvalue weighted by atomic mass is 32.2. The summed E-state index contributed by atoms with van der Waals surface area (Å²) in [6.07, 6.45) is 0. The first kappa shape index (κ1) is 29.5. The van der Waals surface area contributed by atoms with E-state index in [4.69, 9.17) is 5.73 Å². The van der Waals surface area contributed by atoms with Crippen molar-refractivity contribution in [2.45, 2.75) is 14.7 Å². The van der Waals surface area contributed by atoms with Crippen molar-refractivity contribution in [3.8, 4) is 5.75 Å². The third-order valence-corrected chi connectivity index (χ3v) is 8.15. The van der Waals surface area contributed by atoms with Crippen LogP contribution in [0.5, 0.6) is 5.75 Å². The number of rotatable bonds is 7. The van der Waals surface area contributed by atoms with Crippen LogP contribution in [-0.4, -0.2) is 49.9 Å².